The third-order valence-electron chi connectivity index (χ3n) is 4.77. The van der Waals surface area contributed by atoms with Crippen LogP contribution < -0.4 is 15.2 Å². The standard InChI is InChI=1S/C22H18N6O6/c1-13-9-14-10-17(33-21-18(11-26-32-2)20(23)24-12-25-21)7-8-19(14)27(13)22(29)34-16-5-3-15(4-6-16)28(30)31/h3-12H,1-2H3,(H2,23,24,25)/b26-11+. The minimum atomic E-state index is -0.656. The second-order valence-electron chi connectivity index (χ2n) is 6.96. The molecule has 0 amide bonds. The van der Waals surface area contributed by atoms with Crippen LogP contribution in [0.5, 0.6) is 17.4 Å². The summed E-state index contributed by atoms with van der Waals surface area (Å²) in [6.45, 7) is 1.75. The van der Waals surface area contributed by atoms with Crippen LogP contribution in [0.15, 0.2) is 60.0 Å². The lowest BCUT2D eigenvalue weighted by Gasteiger charge is -2.10. The summed E-state index contributed by atoms with van der Waals surface area (Å²) in [5, 5.41) is 15.2. The molecular weight excluding hydrogens is 444 g/mol. The number of nitrogens with two attached hydrogens (primary N) is 1. The number of hydrogen-bond donors (Lipinski definition) is 1. The third-order valence-corrected chi connectivity index (χ3v) is 4.77. The van der Waals surface area contributed by atoms with E-state index in [2.05, 4.69) is 20.0 Å². The summed E-state index contributed by atoms with van der Waals surface area (Å²) in [6.07, 6.45) is 1.96. The van der Waals surface area contributed by atoms with E-state index in [4.69, 9.17) is 15.2 Å². The number of anilines is 1. The first-order valence-electron chi connectivity index (χ1n) is 9.81. The Morgan fingerprint density at radius 1 is 1.15 bits per heavy atom. The molecule has 34 heavy (non-hydrogen) atoms. The number of nitro benzene ring substituents is 1. The first-order valence-corrected chi connectivity index (χ1v) is 9.81. The largest absolute Gasteiger partial charge is 0.438 e. The van der Waals surface area contributed by atoms with Crippen LogP contribution in [0.2, 0.25) is 0 Å². The summed E-state index contributed by atoms with van der Waals surface area (Å²) in [5.74, 6) is 0.978. The molecule has 2 aromatic heterocycles. The second kappa shape index (κ2) is 9.24. The van der Waals surface area contributed by atoms with Crippen LogP contribution in [0.25, 0.3) is 10.9 Å². The molecule has 12 heteroatoms. The van der Waals surface area contributed by atoms with Crippen molar-refractivity contribution in [2.75, 3.05) is 12.8 Å². The first kappa shape index (κ1) is 22.2. The predicted octanol–water partition coefficient (Wildman–Crippen LogP) is 4.05. The Morgan fingerprint density at radius 3 is 2.59 bits per heavy atom. The molecule has 0 unspecified atom stereocenters. The lowest BCUT2D eigenvalue weighted by molar-refractivity contribution is -0.384. The highest BCUT2D eigenvalue weighted by Crippen LogP contribution is 2.29. The molecule has 0 saturated carbocycles. The number of nitro groups is 1. The highest BCUT2D eigenvalue weighted by atomic mass is 16.6. The molecular formula is C22H18N6O6. The van der Waals surface area contributed by atoms with Gasteiger partial charge in [0.2, 0.25) is 5.88 Å². The van der Waals surface area contributed by atoms with Crippen molar-refractivity contribution < 1.29 is 24.0 Å². The lowest BCUT2D eigenvalue weighted by atomic mass is 10.2. The SMILES string of the molecule is CO/N=C/c1c(N)ncnc1Oc1ccc2c(c1)cc(C)n2C(=O)Oc1ccc([N+](=O)[O-])cc1. The average molecular weight is 462 g/mol. The Bertz CT molecular complexity index is 1410. The van der Waals surface area contributed by atoms with Crippen molar-refractivity contribution >= 4 is 34.7 Å². The van der Waals surface area contributed by atoms with E-state index in [0.717, 1.165) is 0 Å². The molecule has 0 bridgehead atoms. The number of carbonyl (C=O) groups is 1. The van der Waals surface area contributed by atoms with Gasteiger partial charge in [0.05, 0.1) is 16.7 Å². The minimum absolute atomic E-state index is 0.1000. The van der Waals surface area contributed by atoms with Crippen LogP contribution in [-0.4, -0.2) is 38.9 Å². The van der Waals surface area contributed by atoms with E-state index in [0.29, 0.717) is 27.9 Å². The Labute approximate surface area is 192 Å². The maximum absolute atomic E-state index is 12.8. The highest BCUT2D eigenvalue weighted by Gasteiger charge is 2.17. The van der Waals surface area contributed by atoms with Crippen LogP contribution in [-0.2, 0) is 4.84 Å². The maximum atomic E-state index is 12.8. The topological polar surface area (TPSA) is 157 Å². The number of carbonyl (C=O) groups excluding carboxylic acids is 1. The van der Waals surface area contributed by atoms with Gasteiger partial charge in [-0.05, 0) is 43.3 Å². The number of nitrogen functional groups attached to an aromatic ring is 1. The molecule has 0 saturated heterocycles. The molecule has 0 aliphatic carbocycles. The highest BCUT2D eigenvalue weighted by molar-refractivity contribution is 5.92. The quantitative estimate of drug-likeness (QED) is 0.253. The van der Waals surface area contributed by atoms with Crippen LogP contribution in [0.1, 0.15) is 11.3 Å². The van der Waals surface area contributed by atoms with Crippen molar-refractivity contribution in [3.05, 3.63) is 76.2 Å². The molecule has 2 aromatic carbocycles. The van der Waals surface area contributed by atoms with E-state index in [9.17, 15) is 14.9 Å². The van der Waals surface area contributed by atoms with E-state index >= 15 is 0 Å². The van der Waals surface area contributed by atoms with Crippen molar-refractivity contribution in [2.45, 2.75) is 6.92 Å². The molecule has 0 aliphatic rings. The van der Waals surface area contributed by atoms with Crippen molar-refractivity contribution in [1.29, 1.82) is 0 Å². The molecule has 0 radical (unpaired) electrons. The van der Waals surface area contributed by atoms with E-state index in [1.165, 1.54) is 48.5 Å². The van der Waals surface area contributed by atoms with Gasteiger partial charge in [-0.3, -0.25) is 10.1 Å². The monoisotopic (exact) mass is 462 g/mol. The van der Waals surface area contributed by atoms with E-state index < -0.39 is 11.0 Å². The van der Waals surface area contributed by atoms with E-state index in [1.54, 1.807) is 31.2 Å². The average Bonchev–Trinajstić information content (AvgIpc) is 3.14. The Kier molecular flexibility index (Phi) is 6.03. The summed E-state index contributed by atoms with van der Waals surface area (Å²) in [7, 11) is 1.39. The fourth-order valence-corrected chi connectivity index (χ4v) is 3.23. The summed E-state index contributed by atoms with van der Waals surface area (Å²) < 4.78 is 12.6. The summed E-state index contributed by atoms with van der Waals surface area (Å²) >= 11 is 0. The van der Waals surface area contributed by atoms with Gasteiger partial charge < -0.3 is 20.0 Å². The molecule has 2 N–H and O–H groups in total. The third kappa shape index (κ3) is 4.46. The van der Waals surface area contributed by atoms with Crippen LogP contribution in [0.4, 0.5) is 16.3 Å². The molecule has 2 heterocycles. The van der Waals surface area contributed by atoms with Gasteiger partial charge in [-0.15, -0.1) is 0 Å². The minimum Gasteiger partial charge on any atom is -0.438 e. The van der Waals surface area contributed by atoms with Crippen molar-refractivity contribution in [3.63, 3.8) is 0 Å². The van der Waals surface area contributed by atoms with Crippen LogP contribution in [0, 0.1) is 17.0 Å². The number of oxime groups is 1. The van der Waals surface area contributed by atoms with Gasteiger partial charge in [0.15, 0.2) is 0 Å². The molecule has 0 fully saturated rings. The molecule has 0 aliphatic heterocycles. The van der Waals surface area contributed by atoms with Gasteiger partial charge in [-0.2, -0.15) is 0 Å². The summed E-state index contributed by atoms with van der Waals surface area (Å²) in [4.78, 5) is 35.8. The molecule has 4 aromatic rings. The summed E-state index contributed by atoms with van der Waals surface area (Å²) in [5.41, 5.74) is 7.34. The van der Waals surface area contributed by atoms with Gasteiger partial charge in [0, 0.05) is 23.2 Å². The van der Waals surface area contributed by atoms with Gasteiger partial charge in [0.25, 0.3) is 5.69 Å². The summed E-state index contributed by atoms with van der Waals surface area (Å²) in [6, 6.07) is 12.1. The van der Waals surface area contributed by atoms with E-state index in [-0.39, 0.29) is 23.1 Å². The zero-order valence-electron chi connectivity index (χ0n) is 18.0. The number of ether oxygens (including phenoxy) is 2. The Hall–Kier alpha value is -5.00. The van der Waals surface area contributed by atoms with Gasteiger partial charge in [0.1, 0.15) is 36.3 Å². The number of rotatable bonds is 6. The van der Waals surface area contributed by atoms with Crippen LogP contribution in [0.3, 0.4) is 0 Å². The smallest absolute Gasteiger partial charge is 0.424 e. The zero-order valence-corrected chi connectivity index (χ0v) is 18.0. The fraction of sp³-hybridized carbons (Fsp3) is 0.0909. The van der Waals surface area contributed by atoms with Crippen LogP contribution >= 0.6 is 0 Å². The lowest BCUT2D eigenvalue weighted by Crippen LogP contribution is -2.17. The number of aromatic nitrogens is 3. The molecule has 0 atom stereocenters. The number of benzene rings is 2. The van der Waals surface area contributed by atoms with Gasteiger partial charge in [-0.1, -0.05) is 5.16 Å². The van der Waals surface area contributed by atoms with Gasteiger partial charge in [-0.25, -0.2) is 19.3 Å². The molecule has 12 nitrogen and oxygen atoms in total. The second-order valence-corrected chi connectivity index (χ2v) is 6.96. The molecule has 0 spiro atoms. The van der Waals surface area contributed by atoms with Crippen molar-refractivity contribution in [3.8, 4) is 17.4 Å². The number of hydrogen-bond acceptors (Lipinski definition) is 10. The number of fused-ring (bicyclic) bond motifs is 1. The Balaban J connectivity index is 1.60. The predicted molar refractivity (Wildman–Crippen MR) is 122 cm³/mol. The molecule has 4 rings (SSSR count). The fourth-order valence-electron chi connectivity index (χ4n) is 3.23. The molecule has 172 valence electrons. The van der Waals surface area contributed by atoms with E-state index in [1.807, 2.05) is 0 Å². The number of aryl methyl sites for hydroxylation is 1. The van der Waals surface area contributed by atoms with Gasteiger partial charge >= 0.3 is 6.09 Å². The first-order chi connectivity index (χ1) is 16.4. The van der Waals surface area contributed by atoms with Crippen molar-refractivity contribution in [1.82, 2.24) is 14.5 Å². The number of nitrogens with zero attached hydrogens (tertiary/aromatic N) is 5. The number of non-ortho nitro benzene ring substituents is 1. The zero-order chi connectivity index (χ0) is 24.2. The van der Waals surface area contributed by atoms with Crippen molar-refractivity contribution in [2.24, 2.45) is 5.16 Å². The Morgan fingerprint density at radius 2 is 1.88 bits per heavy atom. The normalized spacial score (nSPS) is 11.0. The maximum Gasteiger partial charge on any atom is 0.424 e.